The van der Waals surface area contributed by atoms with Gasteiger partial charge >= 0.3 is 0 Å². The molecule has 8 rings (SSSR count). The molecule has 1 saturated carbocycles. The minimum Gasteiger partial charge on any atom is -0.345 e. The van der Waals surface area contributed by atoms with Crippen molar-refractivity contribution in [3.63, 3.8) is 0 Å². The number of benzene rings is 2. The average Bonchev–Trinajstić information content (AvgIpc) is 3.31. The maximum absolute atomic E-state index is 15.6. The number of nitrogens with zero attached hydrogens (tertiary/aromatic N) is 3. The zero-order valence-corrected chi connectivity index (χ0v) is 21.6. The van der Waals surface area contributed by atoms with Gasteiger partial charge in [-0.05, 0) is 61.3 Å². The third-order valence-electron chi connectivity index (χ3n) is 8.75. The fourth-order valence-electron chi connectivity index (χ4n) is 6.64. The Hall–Kier alpha value is -4.04. The van der Waals surface area contributed by atoms with Crippen molar-refractivity contribution in [2.75, 3.05) is 0 Å². The fraction of sp³-hybridized carbons (Fsp3) is 0.267. The molecular weight excluding hydrogens is 517 g/mol. The van der Waals surface area contributed by atoms with Gasteiger partial charge in [0.05, 0.1) is 40.3 Å². The number of hydrogen-bond donors (Lipinski definition) is 2. The first-order valence-corrected chi connectivity index (χ1v) is 13.6. The third-order valence-corrected chi connectivity index (χ3v) is 9.04. The van der Waals surface area contributed by atoms with Crippen molar-refractivity contribution in [2.45, 2.75) is 44.6 Å². The number of nitrogens with one attached hydrogen (secondary N) is 2. The molecule has 0 saturated heterocycles. The van der Waals surface area contributed by atoms with Crippen molar-refractivity contribution in [3.05, 3.63) is 92.8 Å². The van der Waals surface area contributed by atoms with E-state index in [1.54, 1.807) is 23.2 Å². The topological polar surface area (TPSA) is 96.4 Å². The molecule has 0 radical (unpaired) electrons. The van der Waals surface area contributed by atoms with E-state index in [2.05, 4.69) is 19.9 Å². The molecule has 0 bridgehead atoms. The Morgan fingerprint density at radius 1 is 1.05 bits per heavy atom. The van der Waals surface area contributed by atoms with Gasteiger partial charge in [0.25, 0.3) is 5.56 Å². The van der Waals surface area contributed by atoms with E-state index in [1.807, 2.05) is 24.3 Å². The van der Waals surface area contributed by atoms with Gasteiger partial charge in [-0.2, -0.15) is 0 Å². The van der Waals surface area contributed by atoms with Crippen LogP contribution in [0.3, 0.4) is 0 Å². The summed E-state index contributed by atoms with van der Waals surface area (Å²) in [5.74, 6) is 0.0664. The molecule has 4 heterocycles. The Bertz CT molecular complexity index is 1910. The summed E-state index contributed by atoms with van der Waals surface area (Å²) in [7, 11) is 0. The highest BCUT2D eigenvalue weighted by Gasteiger charge is 2.47. The number of aromatic amines is 2. The van der Waals surface area contributed by atoms with Crippen LogP contribution >= 0.6 is 11.6 Å². The molecule has 1 fully saturated rings. The molecule has 5 aromatic rings. The lowest BCUT2D eigenvalue weighted by molar-refractivity contribution is 0.0953. The highest BCUT2D eigenvalue weighted by atomic mass is 35.5. The van der Waals surface area contributed by atoms with Crippen LogP contribution in [-0.4, -0.2) is 30.3 Å². The summed E-state index contributed by atoms with van der Waals surface area (Å²) in [6.45, 7) is 0. The molecule has 0 amide bonds. The average molecular weight is 540 g/mol. The summed E-state index contributed by atoms with van der Waals surface area (Å²) < 4.78 is 17.2. The first kappa shape index (κ1) is 22.9. The number of carbonyl (C=O) groups is 1. The fourth-order valence-corrected chi connectivity index (χ4v) is 6.80. The number of carbonyl (C=O) groups excluding carboxylic acids is 1. The van der Waals surface area contributed by atoms with Crippen molar-refractivity contribution in [1.82, 2.24) is 24.5 Å². The number of imidazole rings is 2. The molecular formula is C30H23ClFN5O2. The van der Waals surface area contributed by atoms with Gasteiger partial charge in [0.1, 0.15) is 11.6 Å². The number of fused-ring (bicyclic) bond motifs is 6. The number of hydrogen-bond acceptors (Lipinski definition) is 4. The number of Topliss-reactive ketones (excluding diaryl/α,β-unsaturated/α-hetero) is 1. The first-order valence-electron chi connectivity index (χ1n) is 13.2. The molecule has 1 atom stereocenters. The zero-order chi connectivity index (χ0) is 26.5. The van der Waals surface area contributed by atoms with Crippen LogP contribution in [0.15, 0.2) is 53.7 Å². The molecule has 39 heavy (non-hydrogen) atoms. The van der Waals surface area contributed by atoms with E-state index in [0.29, 0.717) is 53.9 Å². The molecule has 9 heteroatoms. The molecule has 0 unspecified atom stereocenters. The third kappa shape index (κ3) is 3.40. The number of halogens is 2. The molecule has 2 aromatic carbocycles. The molecule has 3 aliphatic rings. The van der Waals surface area contributed by atoms with Crippen LogP contribution in [0.4, 0.5) is 4.39 Å². The Balaban J connectivity index is 1.27. The summed E-state index contributed by atoms with van der Waals surface area (Å²) in [6, 6.07) is 10.4. The highest BCUT2D eigenvalue weighted by Crippen LogP contribution is 2.55. The number of H-pyrrole nitrogens is 2. The molecule has 3 aromatic heterocycles. The van der Waals surface area contributed by atoms with Gasteiger partial charge in [0.15, 0.2) is 5.78 Å². The Morgan fingerprint density at radius 3 is 2.77 bits per heavy atom. The number of rotatable bonds is 2. The SMILES string of the molecule is O=C1CC2(CC2)Cc2ccc(Cl)c(F)c2-c2cc(=O)n3c(c21)CC[C@@H]3c1ncc(-c2ccc3nc[nH]c3c2)[nH]1. The summed E-state index contributed by atoms with van der Waals surface area (Å²) >= 11 is 6.21. The highest BCUT2D eigenvalue weighted by molar-refractivity contribution is 6.31. The second kappa shape index (κ2) is 7.99. The molecule has 2 N–H and O–H groups in total. The maximum Gasteiger partial charge on any atom is 0.252 e. The van der Waals surface area contributed by atoms with Crippen molar-refractivity contribution in [1.29, 1.82) is 0 Å². The van der Waals surface area contributed by atoms with Crippen LogP contribution in [0.1, 0.15) is 59.2 Å². The van der Waals surface area contributed by atoms with E-state index in [4.69, 9.17) is 11.6 Å². The standard InChI is InChI=1S/C30H23ClFN5O2/c31-18-3-1-16-11-30(7-8-30)12-24(38)27-17(26(16)28(18)32)10-25(39)37-22(27)5-6-23(37)29-33-13-21(36-29)15-2-4-19-20(9-15)35-14-34-19/h1-4,9-10,13-14,23H,5-8,11-12H2,(H,33,36)(H,34,35)/t23-/m1/s1. The van der Waals surface area contributed by atoms with Gasteiger partial charge < -0.3 is 14.5 Å². The number of ketones is 1. The number of aromatic nitrogens is 5. The molecule has 194 valence electrons. The van der Waals surface area contributed by atoms with Crippen molar-refractivity contribution in [2.24, 2.45) is 5.41 Å². The van der Waals surface area contributed by atoms with Crippen molar-refractivity contribution in [3.8, 4) is 22.4 Å². The molecule has 1 spiro atoms. The summed E-state index contributed by atoms with van der Waals surface area (Å²) in [4.78, 5) is 42.9. The van der Waals surface area contributed by atoms with E-state index < -0.39 is 5.82 Å². The van der Waals surface area contributed by atoms with Crippen molar-refractivity contribution < 1.29 is 9.18 Å². The second-order valence-corrected chi connectivity index (χ2v) is 11.5. The van der Waals surface area contributed by atoms with Gasteiger partial charge in [-0.15, -0.1) is 0 Å². The van der Waals surface area contributed by atoms with Crippen LogP contribution in [0.25, 0.3) is 33.4 Å². The van der Waals surface area contributed by atoms with Gasteiger partial charge in [-0.1, -0.05) is 23.7 Å². The minimum atomic E-state index is -0.565. The van der Waals surface area contributed by atoms with Crippen LogP contribution in [0.5, 0.6) is 0 Å². The normalized spacial score (nSPS) is 19.0. The molecule has 1 aliphatic heterocycles. The lowest BCUT2D eigenvalue weighted by atomic mass is 9.80. The Labute approximate surface area is 227 Å². The predicted molar refractivity (Wildman–Crippen MR) is 146 cm³/mol. The Kier molecular flexibility index (Phi) is 4.69. The van der Waals surface area contributed by atoms with Crippen LogP contribution < -0.4 is 5.56 Å². The van der Waals surface area contributed by atoms with Gasteiger partial charge in [0.2, 0.25) is 0 Å². The monoisotopic (exact) mass is 539 g/mol. The van der Waals surface area contributed by atoms with E-state index >= 15 is 4.39 Å². The van der Waals surface area contributed by atoms with Gasteiger partial charge in [0, 0.05) is 40.4 Å². The summed E-state index contributed by atoms with van der Waals surface area (Å²) in [6.07, 6.45) is 7.45. The maximum atomic E-state index is 15.6. The lowest BCUT2D eigenvalue weighted by Crippen LogP contribution is -2.28. The number of pyridine rings is 1. The summed E-state index contributed by atoms with van der Waals surface area (Å²) in [5, 5.41) is -0.00696. The quantitative estimate of drug-likeness (QED) is 0.287. The lowest BCUT2D eigenvalue weighted by Gasteiger charge is -2.25. The van der Waals surface area contributed by atoms with E-state index in [1.165, 1.54) is 6.07 Å². The minimum absolute atomic E-state index is 0.00696. The van der Waals surface area contributed by atoms with Crippen LogP contribution in [0.2, 0.25) is 5.02 Å². The zero-order valence-electron chi connectivity index (χ0n) is 20.9. The molecule has 2 aliphatic carbocycles. The van der Waals surface area contributed by atoms with Gasteiger partial charge in [-0.25, -0.2) is 14.4 Å². The summed E-state index contributed by atoms with van der Waals surface area (Å²) in [5.41, 5.74) is 5.76. The van der Waals surface area contributed by atoms with Crippen LogP contribution in [-0.2, 0) is 12.8 Å². The smallest absolute Gasteiger partial charge is 0.252 e. The largest absolute Gasteiger partial charge is 0.345 e. The van der Waals surface area contributed by atoms with E-state index in [-0.39, 0.29) is 27.8 Å². The van der Waals surface area contributed by atoms with Crippen molar-refractivity contribution >= 4 is 28.4 Å². The van der Waals surface area contributed by atoms with Gasteiger partial charge in [-0.3, -0.25) is 9.59 Å². The second-order valence-electron chi connectivity index (χ2n) is 11.1. The first-order chi connectivity index (χ1) is 18.9. The van der Waals surface area contributed by atoms with E-state index in [0.717, 1.165) is 40.7 Å². The Morgan fingerprint density at radius 2 is 1.92 bits per heavy atom. The predicted octanol–water partition coefficient (Wildman–Crippen LogP) is 6.02. The van der Waals surface area contributed by atoms with E-state index in [9.17, 15) is 9.59 Å². The van der Waals surface area contributed by atoms with Crippen LogP contribution in [0, 0.1) is 11.2 Å². The molecule has 7 nitrogen and oxygen atoms in total.